The first-order chi connectivity index (χ1) is 11.1. The number of hydrogen-bond acceptors (Lipinski definition) is 3. The molecular weight excluding hydrogens is 314 g/mol. The molecule has 0 radical (unpaired) electrons. The van der Waals surface area contributed by atoms with Crippen LogP contribution in [0.25, 0.3) is 0 Å². The predicted molar refractivity (Wildman–Crippen MR) is 102 cm³/mol. The number of para-hydroxylation sites is 3. The van der Waals surface area contributed by atoms with Gasteiger partial charge in [-0.3, -0.25) is 4.79 Å². The molecule has 4 heteroatoms. The molecule has 0 saturated carbocycles. The van der Waals surface area contributed by atoms with E-state index >= 15 is 0 Å². The van der Waals surface area contributed by atoms with Gasteiger partial charge in [-0.15, -0.1) is 0 Å². The molecule has 1 aliphatic rings. The number of ketones is 1. The number of ether oxygens (including phenoxy) is 1. The fraction of sp³-hybridized carbons (Fsp3) is 0.350. The Morgan fingerprint density at radius 2 is 1.62 bits per heavy atom. The van der Waals surface area contributed by atoms with Crippen molar-refractivity contribution in [1.29, 1.82) is 0 Å². The molecule has 2 aromatic carbocycles. The predicted octanol–water partition coefficient (Wildman–Crippen LogP) is 6.14. The summed E-state index contributed by atoms with van der Waals surface area (Å²) in [5, 5.41) is 0.154. The molecule has 126 valence electrons. The summed E-state index contributed by atoms with van der Waals surface area (Å²) in [6, 6.07) is 14.0. The lowest BCUT2D eigenvalue weighted by atomic mass is 10.1. The van der Waals surface area contributed by atoms with Crippen LogP contribution in [0.2, 0.25) is 18.1 Å². The summed E-state index contributed by atoms with van der Waals surface area (Å²) in [5.74, 6) is 1.54. The average Bonchev–Trinajstić information content (AvgIpc) is 2.50. The van der Waals surface area contributed by atoms with Crippen molar-refractivity contribution >= 4 is 25.4 Å². The molecule has 0 fully saturated rings. The van der Waals surface area contributed by atoms with Crippen LogP contribution in [-0.2, 0) is 0 Å². The summed E-state index contributed by atoms with van der Waals surface area (Å²) in [5.41, 5.74) is 2.75. The Bertz CT molecular complexity index is 806. The van der Waals surface area contributed by atoms with E-state index in [2.05, 4.69) is 50.6 Å². The molecule has 3 rings (SSSR count). The van der Waals surface area contributed by atoms with Gasteiger partial charge in [-0.2, -0.15) is 0 Å². The number of fused-ring (bicyclic) bond motifs is 2. The van der Waals surface area contributed by atoms with Gasteiger partial charge in [0.1, 0.15) is 5.75 Å². The van der Waals surface area contributed by atoms with Crippen molar-refractivity contribution in [3.05, 3.63) is 48.0 Å². The van der Waals surface area contributed by atoms with Gasteiger partial charge < -0.3 is 9.30 Å². The molecule has 0 spiro atoms. The number of carbonyl (C=O) groups is 1. The van der Waals surface area contributed by atoms with Crippen molar-refractivity contribution in [2.45, 2.75) is 45.8 Å². The fourth-order valence-corrected chi connectivity index (χ4v) is 5.23. The van der Waals surface area contributed by atoms with E-state index in [9.17, 15) is 4.79 Å². The standard InChI is InChI=1S/C20H25NO2Si/c1-14(22)15-10-9-12-17-19(15)23-18-13-8-7-11-16(18)21(17)24(5,6)20(2,3)4/h7-13H,1-6H3. The highest BCUT2D eigenvalue weighted by Crippen LogP contribution is 2.54. The van der Waals surface area contributed by atoms with Gasteiger partial charge in [0.2, 0.25) is 0 Å². The minimum Gasteiger partial charge on any atom is -0.452 e. The minimum absolute atomic E-state index is 0.0291. The molecule has 1 heterocycles. The van der Waals surface area contributed by atoms with Gasteiger partial charge in [0.25, 0.3) is 0 Å². The van der Waals surface area contributed by atoms with Crippen molar-refractivity contribution in [3.63, 3.8) is 0 Å². The quantitative estimate of drug-likeness (QED) is 0.486. The highest BCUT2D eigenvalue weighted by Gasteiger charge is 2.45. The van der Waals surface area contributed by atoms with Crippen LogP contribution in [0.15, 0.2) is 42.5 Å². The second-order valence-corrected chi connectivity index (χ2v) is 13.0. The van der Waals surface area contributed by atoms with Crippen LogP contribution in [0.4, 0.5) is 11.4 Å². The zero-order valence-electron chi connectivity index (χ0n) is 15.3. The topological polar surface area (TPSA) is 29.5 Å². The van der Waals surface area contributed by atoms with Gasteiger partial charge in [0.15, 0.2) is 19.8 Å². The molecule has 1 aliphatic heterocycles. The van der Waals surface area contributed by atoms with Gasteiger partial charge in [-0.1, -0.05) is 52.1 Å². The Morgan fingerprint density at radius 3 is 2.25 bits per heavy atom. The van der Waals surface area contributed by atoms with E-state index < -0.39 is 8.24 Å². The van der Waals surface area contributed by atoms with Crippen molar-refractivity contribution in [2.75, 3.05) is 4.57 Å². The fourth-order valence-electron chi connectivity index (χ4n) is 2.99. The van der Waals surface area contributed by atoms with Gasteiger partial charge in [0, 0.05) is 0 Å². The number of rotatable bonds is 2. The molecule has 0 N–H and O–H groups in total. The van der Waals surface area contributed by atoms with Crippen LogP contribution in [0.5, 0.6) is 11.5 Å². The maximum Gasteiger partial charge on any atom is 0.163 e. The minimum atomic E-state index is -1.92. The summed E-state index contributed by atoms with van der Waals surface area (Å²) in [4.78, 5) is 12.1. The lowest BCUT2D eigenvalue weighted by Gasteiger charge is -2.49. The van der Waals surface area contributed by atoms with Gasteiger partial charge >= 0.3 is 0 Å². The average molecular weight is 340 g/mol. The van der Waals surface area contributed by atoms with Crippen molar-refractivity contribution in [2.24, 2.45) is 0 Å². The molecule has 0 unspecified atom stereocenters. The smallest absolute Gasteiger partial charge is 0.163 e. The second kappa shape index (κ2) is 5.48. The molecule has 0 bridgehead atoms. The molecule has 0 aromatic heterocycles. The van der Waals surface area contributed by atoms with Crippen LogP contribution in [0, 0.1) is 0 Å². The zero-order chi connectivity index (χ0) is 17.7. The maximum absolute atomic E-state index is 12.1. The molecule has 0 amide bonds. The monoisotopic (exact) mass is 339 g/mol. The molecular formula is C20H25NO2Si. The lowest BCUT2D eigenvalue weighted by Crippen LogP contribution is -2.53. The lowest BCUT2D eigenvalue weighted by molar-refractivity contribution is 0.101. The van der Waals surface area contributed by atoms with E-state index in [1.165, 1.54) is 0 Å². The van der Waals surface area contributed by atoms with Crippen molar-refractivity contribution < 1.29 is 9.53 Å². The molecule has 24 heavy (non-hydrogen) atoms. The third-order valence-corrected chi connectivity index (χ3v) is 10.6. The highest BCUT2D eigenvalue weighted by molar-refractivity contribution is 6.85. The van der Waals surface area contributed by atoms with E-state index in [-0.39, 0.29) is 10.8 Å². The third kappa shape index (κ3) is 2.45. The van der Waals surface area contributed by atoms with Crippen molar-refractivity contribution in [3.8, 4) is 11.5 Å². The van der Waals surface area contributed by atoms with E-state index in [1.807, 2.05) is 30.3 Å². The van der Waals surface area contributed by atoms with Crippen LogP contribution in [0.3, 0.4) is 0 Å². The van der Waals surface area contributed by atoms with Crippen LogP contribution in [0.1, 0.15) is 38.1 Å². The SMILES string of the molecule is CC(=O)c1cccc2c1Oc1ccccc1N2[Si](C)(C)C(C)(C)C. The third-order valence-electron chi connectivity index (χ3n) is 5.33. The summed E-state index contributed by atoms with van der Waals surface area (Å²) in [6.07, 6.45) is 0. The second-order valence-electron chi connectivity index (χ2n) is 7.92. The largest absolute Gasteiger partial charge is 0.452 e. The summed E-state index contributed by atoms with van der Waals surface area (Å²) in [6.45, 7) is 13.2. The van der Waals surface area contributed by atoms with E-state index in [1.54, 1.807) is 6.92 Å². The van der Waals surface area contributed by atoms with E-state index in [0.717, 1.165) is 17.1 Å². The number of hydrogen-bond donors (Lipinski definition) is 0. The Hall–Kier alpha value is -2.07. The highest BCUT2D eigenvalue weighted by atomic mass is 28.3. The van der Waals surface area contributed by atoms with E-state index in [4.69, 9.17) is 4.74 Å². The van der Waals surface area contributed by atoms with Gasteiger partial charge in [-0.05, 0) is 36.2 Å². The van der Waals surface area contributed by atoms with E-state index in [0.29, 0.717) is 11.3 Å². The molecule has 2 aromatic rings. The Balaban J connectivity index is 2.31. The molecule has 0 saturated heterocycles. The molecule has 0 aliphatic carbocycles. The number of Topliss-reactive ketones (excluding diaryl/α,β-unsaturated/α-hetero) is 1. The summed E-state index contributed by atoms with van der Waals surface area (Å²) in [7, 11) is -1.92. The Morgan fingerprint density at radius 1 is 1.00 bits per heavy atom. The summed E-state index contributed by atoms with van der Waals surface area (Å²) >= 11 is 0. The van der Waals surface area contributed by atoms with Crippen LogP contribution < -0.4 is 9.30 Å². The first kappa shape index (κ1) is 16.8. The first-order valence-electron chi connectivity index (χ1n) is 8.35. The maximum atomic E-state index is 12.1. The zero-order valence-corrected chi connectivity index (χ0v) is 16.3. The van der Waals surface area contributed by atoms with Gasteiger partial charge in [0.05, 0.1) is 16.9 Å². The van der Waals surface area contributed by atoms with Crippen molar-refractivity contribution in [1.82, 2.24) is 0 Å². The first-order valence-corrected chi connectivity index (χ1v) is 11.3. The molecule has 3 nitrogen and oxygen atoms in total. The Labute approximate surface area is 145 Å². The number of anilines is 2. The Kier molecular flexibility index (Phi) is 3.83. The normalized spacial score (nSPS) is 13.8. The summed E-state index contributed by atoms with van der Waals surface area (Å²) < 4.78 is 8.62. The number of benzene rings is 2. The van der Waals surface area contributed by atoms with Crippen LogP contribution >= 0.6 is 0 Å². The number of nitrogens with zero attached hydrogens (tertiary/aromatic N) is 1. The van der Waals surface area contributed by atoms with Gasteiger partial charge in [-0.25, -0.2) is 0 Å². The number of carbonyl (C=O) groups excluding carboxylic acids is 1. The molecule has 0 atom stereocenters. The van der Waals surface area contributed by atoms with Crippen LogP contribution in [-0.4, -0.2) is 14.0 Å².